The zero-order valence-electron chi connectivity index (χ0n) is 16.3. The van der Waals surface area contributed by atoms with Crippen LogP contribution in [0.2, 0.25) is 0 Å². The number of imide groups is 1. The van der Waals surface area contributed by atoms with Crippen molar-refractivity contribution in [2.45, 2.75) is 25.6 Å². The van der Waals surface area contributed by atoms with Gasteiger partial charge >= 0.3 is 12.2 Å². The number of benzene rings is 2. The number of likely N-dealkylation sites (tertiary alicyclic amines) is 1. The standard InChI is InChI=1S/C22H16F3N3O3/c1-12-4-2-5-13(8-12)19(29)26-11-16-10-17(26)18-20(30)28(21(31)27(16)18)15-7-3-6-14(9-15)22(23,24)25/h2-9,16H,10-11H2,1H3. The Bertz CT molecular complexity index is 1190. The van der Waals surface area contributed by atoms with Crippen molar-refractivity contribution in [1.82, 2.24) is 9.80 Å². The van der Waals surface area contributed by atoms with Crippen molar-refractivity contribution in [3.8, 4) is 0 Å². The van der Waals surface area contributed by atoms with Crippen LogP contribution < -0.4 is 4.90 Å². The summed E-state index contributed by atoms with van der Waals surface area (Å²) < 4.78 is 39.3. The molecule has 3 aliphatic rings. The van der Waals surface area contributed by atoms with Crippen LogP contribution in [0.25, 0.3) is 0 Å². The van der Waals surface area contributed by atoms with Crippen molar-refractivity contribution in [2.24, 2.45) is 0 Å². The second-order valence-electron chi connectivity index (χ2n) is 7.78. The Labute approximate surface area is 175 Å². The molecule has 2 aromatic rings. The third-order valence-corrected chi connectivity index (χ3v) is 5.77. The largest absolute Gasteiger partial charge is 0.416 e. The highest BCUT2D eigenvalue weighted by molar-refractivity contribution is 6.28. The first-order valence-corrected chi connectivity index (χ1v) is 9.63. The normalized spacial score (nSPS) is 20.3. The Hall–Kier alpha value is -3.62. The van der Waals surface area contributed by atoms with Crippen LogP contribution in [0.5, 0.6) is 0 Å². The van der Waals surface area contributed by atoms with Gasteiger partial charge in [-0.2, -0.15) is 13.2 Å². The minimum absolute atomic E-state index is 0.0691. The Kier molecular flexibility index (Phi) is 4.02. The summed E-state index contributed by atoms with van der Waals surface area (Å²) in [6.07, 6.45) is -4.24. The highest BCUT2D eigenvalue weighted by atomic mass is 19.4. The zero-order chi connectivity index (χ0) is 22.1. The van der Waals surface area contributed by atoms with Crippen LogP contribution in [0.4, 0.5) is 23.7 Å². The van der Waals surface area contributed by atoms with Crippen LogP contribution >= 0.6 is 0 Å². The van der Waals surface area contributed by atoms with Gasteiger partial charge in [-0.25, -0.2) is 9.69 Å². The van der Waals surface area contributed by atoms with Crippen molar-refractivity contribution in [1.29, 1.82) is 0 Å². The topological polar surface area (TPSA) is 60.9 Å². The predicted octanol–water partition coefficient (Wildman–Crippen LogP) is 3.92. The molecule has 158 valence electrons. The maximum Gasteiger partial charge on any atom is 0.416 e. The third kappa shape index (κ3) is 2.83. The van der Waals surface area contributed by atoms with E-state index in [0.29, 0.717) is 17.7 Å². The van der Waals surface area contributed by atoms with Crippen molar-refractivity contribution in [2.75, 3.05) is 11.4 Å². The zero-order valence-corrected chi connectivity index (χ0v) is 16.3. The Morgan fingerprint density at radius 1 is 1.06 bits per heavy atom. The lowest BCUT2D eigenvalue weighted by Crippen LogP contribution is -2.43. The van der Waals surface area contributed by atoms with Gasteiger partial charge < -0.3 is 4.90 Å². The van der Waals surface area contributed by atoms with Gasteiger partial charge in [-0.05, 0) is 37.3 Å². The summed E-state index contributed by atoms with van der Waals surface area (Å²) in [5, 5.41) is 0. The molecule has 4 amide bonds. The molecule has 0 aromatic heterocycles. The Balaban J connectivity index is 1.52. The highest BCUT2D eigenvalue weighted by Gasteiger charge is 2.56. The Morgan fingerprint density at radius 3 is 2.52 bits per heavy atom. The smallest absolute Gasteiger partial charge is 0.308 e. The number of anilines is 1. The molecule has 2 aromatic carbocycles. The van der Waals surface area contributed by atoms with Gasteiger partial charge in [0.1, 0.15) is 5.70 Å². The van der Waals surface area contributed by atoms with Gasteiger partial charge in [-0.15, -0.1) is 0 Å². The summed E-state index contributed by atoms with van der Waals surface area (Å²) in [5.74, 6) is -0.991. The van der Waals surface area contributed by atoms with E-state index in [1.54, 1.807) is 18.2 Å². The molecule has 0 N–H and O–H groups in total. The molecule has 0 aliphatic carbocycles. The second-order valence-corrected chi connectivity index (χ2v) is 7.78. The van der Waals surface area contributed by atoms with Gasteiger partial charge in [0.25, 0.3) is 11.8 Å². The average molecular weight is 427 g/mol. The van der Waals surface area contributed by atoms with Gasteiger partial charge in [0.2, 0.25) is 0 Å². The third-order valence-electron chi connectivity index (χ3n) is 5.77. The second kappa shape index (κ2) is 6.44. The summed E-state index contributed by atoms with van der Waals surface area (Å²) >= 11 is 0. The molecule has 31 heavy (non-hydrogen) atoms. The molecule has 3 aliphatic heterocycles. The number of amides is 4. The maximum atomic E-state index is 13.1. The minimum atomic E-state index is -4.60. The fourth-order valence-corrected chi connectivity index (χ4v) is 4.41. The van der Waals surface area contributed by atoms with Crippen molar-refractivity contribution in [3.05, 3.63) is 76.6 Å². The van der Waals surface area contributed by atoms with E-state index in [2.05, 4.69) is 0 Å². The number of carbonyl (C=O) groups is 3. The van der Waals surface area contributed by atoms with Crippen LogP contribution in [0, 0.1) is 6.92 Å². The molecule has 0 saturated carbocycles. The number of alkyl halides is 3. The van der Waals surface area contributed by atoms with E-state index >= 15 is 0 Å². The number of carbonyl (C=O) groups excluding carboxylic acids is 3. The van der Waals surface area contributed by atoms with E-state index in [-0.39, 0.29) is 23.8 Å². The molecule has 1 atom stereocenters. The maximum absolute atomic E-state index is 13.1. The molecule has 2 saturated heterocycles. The summed E-state index contributed by atoms with van der Waals surface area (Å²) in [6, 6.07) is 10.0. The fourth-order valence-electron chi connectivity index (χ4n) is 4.41. The van der Waals surface area contributed by atoms with Crippen LogP contribution in [0.15, 0.2) is 59.9 Å². The molecule has 9 heteroatoms. The van der Waals surface area contributed by atoms with E-state index < -0.39 is 29.7 Å². The number of nitrogens with zero attached hydrogens (tertiary/aromatic N) is 3. The van der Waals surface area contributed by atoms with Crippen LogP contribution in [0.1, 0.15) is 27.9 Å². The van der Waals surface area contributed by atoms with Crippen molar-refractivity contribution < 1.29 is 27.6 Å². The van der Waals surface area contributed by atoms with E-state index in [1.807, 2.05) is 13.0 Å². The molecule has 6 nitrogen and oxygen atoms in total. The van der Waals surface area contributed by atoms with E-state index in [4.69, 9.17) is 0 Å². The summed E-state index contributed by atoms with van der Waals surface area (Å²) in [4.78, 5) is 42.6. The Morgan fingerprint density at radius 2 is 1.81 bits per heavy atom. The monoisotopic (exact) mass is 427 g/mol. The number of halogens is 3. The number of aryl methyl sites for hydroxylation is 1. The summed E-state index contributed by atoms with van der Waals surface area (Å²) in [7, 11) is 0. The molecule has 5 rings (SSSR count). The lowest BCUT2D eigenvalue weighted by molar-refractivity contribution is -0.137. The molecule has 2 bridgehead atoms. The fraction of sp³-hybridized carbons (Fsp3) is 0.227. The summed E-state index contributed by atoms with van der Waals surface area (Å²) in [6.45, 7) is 2.10. The van der Waals surface area contributed by atoms with Gasteiger partial charge in [0.15, 0.2) is 0 Å². The quantitative estimate of drug-likeness (QED) is 0.683. The van der Waals surface area contributed by atoms with Crippen LogP contribution in [-0.2, 0) is 11.0 Å². The average Bonchev–Trinajstić information content (AvgIpc) is 3.38. The van der Waals surface area contributed by atoms with Crippen LogP contribution in [-0.4, -0.2) is 40.2 Å². The predicted molar refractivity (Wildman–Crippen MR) is 104 cm³/mol. The highest BCUT2D eigenvalue weighted by Crippen LogP contribution is 2.45. The first-order chi connectivity index (χ1) is 14.7. The molecule has 2 fully saturated rings. The van der Waals surface area contributed by atoms with E-state index in [0.717, 1.165) is 28.7 Å². The van der Waals surface area contributed by atoms with Gasteiger partial charge in [-0.3, -0.25) is 14.5 Å². The minimum Gasteiger partial charge on any atom is -0.308 e. The van der Waals surface area contributed by atoms with Gasteiger partial charge in [0, 0.05) is 18.5 Å². The SMILES string of the molecule is Cc1cccc(C(=O)N2CC3CC2=C2C(=O)N(c4cccc(C(F)(F)F)c4)C(=O)N23)c1. The van der Waals surface area contributed by atoms with E-state index in [1.165, 1.54) is 15.9 Å². The van der Waals surface area contributed by atoms with Crippen LogP contribution in [0.3, 0.4) is 0 Å². The number of rotatable bonds is 2. The molecule has 0 spiro atoms. The first-order valence-electron chi connectivity index (χ1n) is 9.63. The number of urea groups is 1. The number of fused-ring (bicyclic) bond motifs is 4. The lowest BCUT2D eigenvalue weighted by Gasteiger charge is -2.27. The number of hydrogen-bond acceptors (Lipinski definition) is 3. The van der Waals surface area contributed by atoms with Crippen molar-refractivity contribution >= 4 is 23.5 Å². The van der Waals surface area contributed by atoms with Gasteiger partial charge in [-0.1, -0.05) is 23.8 Å². The van der Waals surface area contributed by atoms with Gasteiger partial charge in [0.05, 0.1) is 23.0 Å². The number of hydrogen-bond donors (Lipinski definition) is 0. The summed E-state index contributed by atoms with van der Waals surface area (Å²) in [5.41, 5.74) is 0.790. The molecule has 0 radical (unpaired) electrons. The lowest BCUT2D eigenvalue weighted by atomic mass is 10.1. The van der Waals surface area contributed by atoms with E-state index in [9.17, 15) is 27.6 Å². The molecule has 3 heterocycles. The molecular weight excluding hydrogens is 411 g/mol. The molecular formula is C22H16F3N3O3. The molecule has 1 unspecified atom stereocenters. The first kappa shape index (κ1) is 19.3. The van der Waals surface area contributed by atoms with Crippen molar-refractivity contribution in [3.63, 3.8) is 0 Å².